The first kappa shape index (κ1) is 17.3. The van der Waals surface area contributed by atoms with E-state index in [4.69, 9.17) is 4.74 Å². The topological polar surface area (TPSA) is 64.1 Å². The number of ether oxygens (including phenoxy) is 1. The molecule has 1 aromatic carbocycles. The highest BCUT2D eigenvalue weighted by molar-refractivity contribution is 7.20. The molecule has 130 valence electrons. The van der Waals surface area contributed by atoms with Crippen molar-refractivity contribution in [2.24, 2.45) is 5.92 Å². The summed E-state index contributed by atoms with van der Waals surface area (Å²) in [5.74, 6) is -0.0202. The van der Waals surface area contributed by atoms with Gasteiger partial charge in [0.2, 0.25) is 0 Å². The van der Waals surface area contributed by atoms with E-state index in [1.165, 1.54) is 23.7 Å². The van der Waals surface area contributed by atoms with Crippen molar-refractivity contribution in [1.29, 1.82) is 0 Å². The zero-order valence-corrected chi connectivity index (χ0v) is 15.0. The quantitative estimate of drug-likeness (QED) is 0.669. The van der Waals surface area contributed by atoms with E-state index in [9.17, 15) is 9.18 Å². The van der Waals surface area contributed by atoms with Crippen LogP contribution in [0.15, 0.2) is 30.6 Å². The number of aryl methyl sites for hydroxylation is 1. The number of esters is 1. The fraction of sp³-hybridized carbons (Fsp3) is 0.278. The number of nitrogens with zero attached hydrogens (tertiary/aromatic N) is 2. The summed E-state index contributed by atoms with van der Waals surface area (Å²) in [4.78, 5) is 21.9. The molecule has 0 aliphatic heterocycles. The monoisotopic (exact) mass is 359 g/mol. The molecule has 5 nitrogen and oxygen atoms in total. The number of benzene rings is 1. The second-order valence-electron chi connectivity index (χ2n) is 6.06. The van der Waals surface area contributed by atoms with Gasteiger partial charge in [0.25, 0.3) is 0 Å². The summed E-state index contributed by atoms with van der Waals surface area (Å²) in [5, 5.41) is 3.69. The number of carbonyl (C=O) groups is 1. The smallest absolute Gasteiger partial charge is 0.348 e. The Morgan fingerprint density at radius 1 is 1.32 bits per heavy atom. The van der Waals surface area contributed by atoms with Gasteiger partial charge in [0.1, 0.15) is 27.7 Å². The Morgan fingerprint density at radius 3 is 2.80 bits per heavy atom. The maximum Gasteiger partial charge on any atom is 0.348 e. The summed E-state index contributed by atoms with van der Waals surface area (Å²) in [6, 6.07) is 6.35. The highest BCUT2D eigenvalue weighted by Gasteiger charge is 2.21. The lowest BCUT2D eigenvalue weighted by Gasteiger charge is -2.08. The van der Waals surface area contributed by atoms with Crippen LogP contribution in [0.25, 0.3) is 10.2 Å². The van der Waals surface area contributed by atoms with Gasteiger partial charge in [0, 0.05) is 0 Å². The third-order valence-electron chi connectivity index (χ3n) is 3.59. The Kier molecular flexibility index (Phi) is 4.94. The van der Waals surface area contributed by atoms with Gasteiger partial charge in [-0.3, -0.25) is 0 Å². The summed E-state index contributed by atoms with van der Waals surface area (Å²) in [5.41, 5.74) is 1.05. The highest BCUT2D eigenvalue weighted by Crippen LogP contribution is 2.35. The molecule has 2 heterocycles. The summed E-state index contributed by atoms with van der Waals surface area (Å²) in [6.45, 7) is 6.14. The number of halogens is 1. The summed E-state index contributed by atoms with van der Waals surface area (Å²) >= 11 is 1.25. The molecule has 3 rings (SSSR count). The zero-order chi connectivity index (χ0) is 18.0. The van der Waals surface area contributed by atoms with E-state index in [1.54, 1.807) is 18.2 Å². The Morgan fingerprint density at radius 2 is 2.08 bits per heavy atom. The lowest BCUT2D eigenvalue weighted by atomic mass is 10.2. The molecule has 0 saturated heterocycles. The molecule has 0 atom stereocenters. The van der Waals surface area contributed by atoms with Gasteiger partial charge in [-0.2, -0.15) is 0 Å². The summed E-state index contributed by atoms with van der Waals surface area (Å²) in [6.07, 6.45) is 1.39. The number of anilines is 2. The number of fused-ring (bicyclic) bond motifs is 1. The SMILES string of the molecule is Cc1c(C(=O)OCC(C)C)sc2ncnc(Nc3ccccc3F)c12. The third-order valence-corrected chi connectivity index (χ3v) is 4.77. The maximum absolute atomic E-state index is 13.9. The van der Waals surface area contributed by atoms with Crippen LogP contribution in [-0.2, 0) is 4.74 Å². The van der Waals surface area contributed by atoms with Crippen LogP contribution < -0.4 is 5.32 Å². The third kappa shape index (κ3) is 3.61. The molecule has 0 saturated carbocycles. The minimum Gasteiger partial charge on any atom is -0.461 e. The average molecular weight is 359 g/mol. The van der Waals surface area contributed by atoms with Crippen LogP contribution in [0.5, 0.6) is 0 Å². The van der Waals surface area contributed by atoms with Crippen LogP contribution in [0.4, 0.5) is 15.9 Å². The molecule has 0 aliphatic carbocycles. The molecule has 1 N–H and O–H groups in total. The van der Waals surface area contributed by atoms with Crippen molar-refractivity contribution in [3.63, 3.8) is 0 Å². The molecule has 0 bridgehead atoms. The molecule has 0 spiro atoms. The number of carbonyl (C=O) groups excluding carboxylic acids is 1. The molecular formula is C18H18FN3O2S. The second-order valence-corrected chi connectivity index (χ2v) is 7.05. The van der Waals surface area contributed by atoms with Crippen molar-refractivity contribution in [3.05, 3.63) is 46.9 Å². The Labute approximate surface area is 148 Å². The Balaban J connectivity index is 1.98. The van der Waals surface area contributed by atoms with Gasteiger partial charge in [0.15, 0.2) is 0 Å². The van der Waals surface area contributed by atoms with Gasteiger partial charge in [0.05, 0.1) is 17.7 Å². The van der Waals surface area contributed by atoms with Crippen LogP contribution in [-0.4, -0.2) is 22.5 Å². The van der Waals surface area contributed by atoms with Crippen LogP contribution in [0.1, 0.15) is 29.1 Å². The van der Waals surface area contributed by atoms with Crippen molar-refractivity contribution < 1.29 is 13.9 Å². The largest absolute Gasteiger partial charge is 0.461 e. The van der Waals surface area contributed by atoms with E-state index < -0.39 is 0 Å². The van der Waals surface area contributed by atoms with E-state index in [0.717, 1.165) is 5.56 Å². The van der Waals surface area contributed by atoms with E-state index in [-0.39, 0.29) is 17.7 Å². The number of para-hydroxylation sites is 1. The number of aromatic nitrogens is 2. The van der Waals surface area contributed by atoms with Crippen molar-refractivity contribution in [2.45, 2.75) is 20.8 Å². The van der Waals surface area contributed by atoms with Gasteiger partial charge in [-0.15, -0.1) is 11.3 Å². The Hall–Kier alpha value is -2.54. The van der Waals surface area contributed by atoms with E-state index in [0.29, 0.717) is 33.2 Å². The number of rotatable bonds is 5. The van der Waals surface area contributed by atoms with Crippen LogP contribution in [0, 0.1) is 18.7 Å². The summed E-state index contributed by atoms with van der Waals surface area (Å²) < 4.78 is 19.2. The molecule has 2 aromatic heterocycles. The maximum atomic E-state index is 13.9. The molecule has 0 unspecified atom stereocenters. The van der Waals surface area contributed by atoms with Crippen molar-refractivity contribution in [1.82, 2.24) is 9.97 Å². The van der Waals surface area contributed by atoms with Gasteiger partial charge in [-0.05, 0) is 30.5 Å². The Bertz CT molecular complexity index is 924. The van der Waals surface area contributed by atoms with E-state index in [2.05, 4.69) is 15.3 Å². The lowest BCUT2D eigenvalue weighted by Crippen LogP contribution is -2.09. The molecule has 3 aromatic rings. The standard InChI is InChI=1S/C18H18FN3O2S/c1-10(2)8-24-18(23)15-11(3)14-16(20-9-21-17(14)25-15)22-13-7-5-4-6-12(13)19/h4-7,9-10H,8H2,1-3H3,(H,20,21,22). The number of hydrogen-bond donors (Lipinski definition) is 1. The minimum absolute atomic E-state index is 0.261. The van der Waals surface area contributed by atoms with E-state index >= 15 is 0 Å². The first-order chi connectivity index (χ1) is 12.0. The normalized spacial score (nSPS) is 11.1. The highest BCUT2D eigenvalue weighted by atomic mass is 32.1. The predicted molar refractivity (Wildman–Crippen MR) is 97.0 cm³/mol. The molecule has 0 fully saturated rings. The number of hydrogen-bond acceptors (Lipinski definition) is 6. The van der Waals surface area contributed by atoms with Crippen molar-refractivity contribution in [3.8, 4) is 0 Å². The molecule has 0 amide bonds. The van der Waals surface area contributed by atoms with Gasteiger partial charge < -0.3 is 10.1 Å². The fourth-order valence-corrected chi connectivity index (χ4v) is 3.40. The predicted octanol–water partition coefficient (Wildman–Crippen LogP) is 4.70. The number of nitrogens with one attached hydrogen (secondary N) is 1. The van der Waals surface area contributed by atoms with E-state index in [1.807, 2.05) is 20.8 Å². The molecule has 25 heavy (non-hydrogen) atoms. The van der Waals surface area contributed by atoms with Crippen molar-refractivity contribution >= 4 is 39.0 Å². The zero-order valence-electron chi connectivity index (χ0n) is 14.2. The molecule has 0 radical (unpaired) electrons. The van der Waals surface area contributed by atoms with Gasteiger partial charge in [-0.1, -0.05) is 26.0 Å². The van der Waals surface area contributed by atoms with Crippen molar-refractivity contribution in [2.75, 3.05) is 11.9 Å². The first-order valence-electron chi connectivity index (χ1n) is 7.90. The van der Waals surface area contributed by atoms with Crippen LogP contribution in [0.2, 0.25) is 0 Å². The molecule has 7 heteroatoms. The average Bonchev–Trinajstić information content (AvgIpc) is 2.93. The number of thiophene rings is 1. The molecular weight excluding hydrogens is 341 g/mol. The molecule has 0 aliphatic rings. The van der Waals surface area contributed by atoms with Gasteiger partial charge >= 0.3 is 5.97 Å². The minimum atomic E-state index is -0.376. The fourth-order valence-electron chi connectivity index (χ4n) is 2.36. The first-order valence-corrected chi connectivity index (χ1v) is 8.71. The lowest BCUT2D eigenvalue weighted by molar-refractivity contribution is 0.0464. The van der Waals surface area contributed by atoms with Crippen LogP contribution >= 0.6 is 11.3 Å². The van der Waals surface area contributed by atoms with Crippen LogP contribution in [0.3, 0.4) is 0 Å². The van der Waals surface area contributed by atoms with Gasteiger partial charge in [-0.25, -0.2) is 19.2 Å². The summed E-state index contributed by atoms with van der Waals surface area (Å²) in [7, 11) is 0. The second kappa shape index (κ2) is 7.14.